The maximum Gasteiger partial charge on any atom is 0.508 e. The Morgan fingerprint density at radius 2 is 2.07 bits per heavy atom. The molecule has 0 spiro atoms. The van der Waals surface area contributed by atoms with E-state index in [1.807, 2.05) is 0 Å². The zero-order valence-corrected chi connectivity index (χ0v) is 7.64. The van der Waals surface area contributed by atoms with Crippen molar-refractivity contribution in [3.63, 3.8) is 0 Å². The largest absolute Gasteiger partial charge is 0.508 e. The number of rotatable bonds is 4. The lowest BCUT2D eigenvalue weighted by Gasteiger charge is -2.25. The van der Waals surface area contributed by atoms with Crippen molar-refractivity contribution in [2.75, 3.05) is 13.7 Å². The SMILES string of the molecule is COC(F)(F)C(F)(F)CC1COC(=O)O1. The highest BCUT2D eigenvalue weighted by Gasteiger charge is 2.59. The summed E-state index contributed by atoms with van der Waals surface area (Å²) in [7, 11) is 0.463. The van der Waals surface area contributed by atoms with Crippen molar-refractivity contribution in [3.8, 4) is 0 Å². The van der Waals surface area contributed by atoms with Crippen molar-refractivity contribution < 1.29 is 36.6 Å². The zero-order chi connectivity index (χ0) is 11.7. The number of hydrogen-bond donors (Lipinski definition) is 0. The van der Waals surface area contributed by atoms with Crippen LogP contribution in [0.1, 0.15) is 6.42 Å². The van der Waals surface area contributed by atoms with Crippen LogP contribution in [0.4, 0.5) is 22.4 Å². The van der Waals surface area contributed by atoms with Crippen LogP contribution in [-0.4, -0.2) is 38.0 Å². The average Bonchev–Trinajstić information content (AvgIpc) is 2.50. The molecule has 1 fully saturated rings. The van der Waals surface area contributed by atoms with Gasteiger partial charge in [-0.2, -0.15) is 17.6 Å². The smallest absolute Gasteiger partial charge is 0.430 e. The summed E-state index contributed by atoms with van der Waals surface area (Å²) >= 11 is 0. The highest BCUT2D eigenvalue weighted by atomic mass is 19.3. The van der Waals surface area contributed by atoms with Crippen LogP contribution < -0.4 is 0 Å². The molecule has 15 heavy (non-hydrogen) atoms. The molecule has 88 valence electrons. The lowest BCUT2D eigenvalue weighted by Crippen LogP contribution is -2.44. The highest BCUT2D eigenvalue weighted by molar-refractivity contribution is 5.61. The van der Waals surface area contributed by atoms with Gasteiger partial charge in [0.15, 0.2) is 0 Å². The molecule has 0 amide bonds. The van der Waals surface area contributed by atoms with Gasteiger partial charge in [0.25, 0.3) is 0 Å². The van der Waals surface area contributed by atoms with Crippen LogP contribution >= 0.6 is 0 Å². The van der Waals surface area contributed by atoms with Gasteiger partial charge in [0, 0.05) is 7.11 Å². The van der Waals surface area contributed by atoms with Gasteiger partial charge in [-0.1, -0.05) is 0 Å². The Bertz CT molecular complexity index is 255. The average molecular weight is 232 g/mol. The number of alkyl halides is 4. The van der Waals surface area contributed by atoms with Crippen LogP contribution in [0.5, 0.6) is 0 Å². The maximum atomic E-state index is 12.9. The molecule has 0 aromatic carbocycles. The third-order valence-corrected chi connectivity index (χ3v) is 1.82. The van der Waals surface area contributed by atoms with E-state index in [9.17, 15) is 22.4 Å². The van der Waals surface area contributed by atoms with Crippen molar-refractivity contribution >= 4 is 6.16 Å². The minimum Gasteiger partial charge on any atom is -0.430 e. The van der Waals surface area contributed by atoms with Crippen LogP contribution in [0, 0.1) is 0 Å². The van der Waals surface area contributed by atoms with Gasteiger partial charge in [0.05, 0.1) is 6.42 Å². The van der Waals surface area contributed by atoms with E-state index in [-0.39, 0.29) is 0 Å². The molecule has 0 N–H and O–H groups in total. The summed E-state index contributed by atoms with van der Waals surface area (Å²) in [5.74, 6) is -4.42. The molecule has 8 heteroatoms. The number of methoxy groups -OCH3 is 1. The van der Waals surface area contributed by atoms with E-state index >= 15 is 0 Å². The summed E-state index contributed by atoms with van der Waals surface area (Å²) in [6.07, 6.45) is -8.47. The van der Waals surface area contributed by atoms with E-state index < -0.39 is 37.3 Å². The van der Waals surface area contributed by atoms with E-state index in [2.05, 4.69) is 14.2 Å². The summed E-state index contributed by atoms with van der Waals surface area (Å²) < 4.78 is 62.5. The minimum absolute atomic E-state index is 0.463. The first-order valence-corrected chi connectivity index (χ1v) is 3.93. The molecule has 0 radical (unpaired) electrons. The van der Waals surface area contributed by atoms with Crippen molar-refractivity contribution in [3.05, 3.63) is 0 Å². The Hall–Kier alpha value is -1.05. The third-order valence-electron chi connectivity index (χ3n) is 1.82. The molecular formula is C7H8F4O4. The monoisotopic (exact) mass is 232 g/mol. The van der Waals surface area contributed by atoms with Gasteiger partial charge in [-0.05, 0) is 0 Å². The standard InChI is InChI=1S/C7H8F4O4/c1-13-7(10,11)6(8,9)2-4-3-14-5(12)15-4/h4H,2-3H2,1H3. The maximum absolute atomic E-state index is 12.9. The Balaban J connectivity index is 2.59. The molecule has 1 rings (SSSR count). The summed E-state index contributed by atoms with van der Waals surface area (Å²) in [4.78, 5) is 10.4. The van der Waals surface area contributed by atoms with Crippen molar-refractivity contribution in [1.82, 2.24) is 0 Å². The molecule has 1 aliphatic heterocycles. The molecule has 1 unspecified atom stereocenters. The Morgan fingerprint density at radius 3 is 2.47 bits per heavy atom. The molecule has 0 aliphatic carbocycles. The van der Waals surface area contributed by atoms with Gasteiger partial charge >= 0.3 is 18.2 Å². The summed E-state index contributed by atoms with van der Waals surface area (Å²) in [5.41, 5.74) is 0. The fraction of sp³-hybridized carbons (Fsp3) is 0.857. The van der Waals surface area contributed by atoms with Gasteiger partial charge in [0.1, 0.15) is 12.7 Å². The minimum atomic E-state index is -4.60. The molecule has 0 aromatic rings. The van der Waals surface area contributed by atoms with E-state index in [1.54, 1.807) is 0 Å². The topological polar surface area (TPSA) is 44.8 Å². The molecule has 0 bridgehead atoms. The van der Waals surface area contributed by atoms with Gasteiger partial charge in [-0.3, -0.25) is 0 Å². The van der Waals surface area contributed by atoms with Gasteiger partial charge in [-0.25, -0.2) is 4.79 Å². The van der Waals surface area contributed by atoms with E-state index in [4.69, 9.17) is 0 Å². The fourth-order valence-electron chi connectivity index (χ4n) is 1.02. The lowest BCUT2D eigenvalue weighted by molar-refractivity contribution is -0.342. The van der Waals surface area contributed by atoms with Crippen molar-refractivity contribution in [1.29, 1.82) is 0 Å². The van der Waals surface area contributed by atoms with Crippen LogP contribution in [0.25, 0.3) is 0 Å². The quantitative estimate of drug-likeness (QED) is 0.547. The van der Waals surface area contributed by atoms with Gasteiger partial charge < -0.3 is 14.2 Å². The second kappa shape index (κ2) is 3.84. The van der Waals surface area contributed by atoms with E-state index in [0.29, 0.717) is 7.11 Å². The number of carbonyl (C=O) groups excluding carboxylic acids is 1. The third kappa shape index (κ3) is 2.49. The van der Waals surface area contributed by atoms with Crippen LogP contribution in [0.3, 0.4) is 0 Å². The van der Waals surface area contributed by atoms with Crippen molar-refractivity contribution in [2.45, 2.75) is 24.6 Å². The Labute approximate surface area is 82.1 Å². The van der Waals surface area contributed by atoms with Crippen LogP contribution in [0.15, 0.2) is 0 Å². The predicted molar refractivity (Wildman–Crippen MR) is 37.7 cm³/mol. The summed E-state index contributed by atoms with van der Waals surface area (Å²) in [6.45, 7) is -0.464. The van der Waals surface area contributed by atoms with Crippen LogP contribution in [0.2, 0.25) is 0 Å². The second-order valence-corrected chi connectivity index (χ2v) is 2.93. The van der Waals surface area contributed by atoms with Gasteiger partial charge in [0.2, 0.25) is 0 Å². The number of cyclic esters (lactones) is 2. The summed E-state index contributed by atoms with van der Waals surface area (Å²) in [5, 5.41) is 0. The lowest BCUT2D eigenvalue weighted by atomic mass is 10.1. The molecule has 0 saturated carbocycles. The van der Waals surface area contributed by atoms with Gasteiger partial charge in [-0.15, -0.1) is 0 Å². The molecule has 1 saturated heterocycles. The fourth-order valence-corrected chi connectivity index (χ4v) is 1.02. The zero-order valence-electron chi connectivity index (χ0n) is 7.64. The second-order valence-electron chi connectivity index (χ2n) is 2.93. The van der Waals surface area contributed by atoms with Crippen LogP contribution in [-0.2, 0) is 14.2 Å². The normalized spacial score (nSPS) is 22.5. The van der Waals surface area contributed by atoms with E-state index in [0.717, 1.165) is 0 Å². The molecular weight excluding hydrogens is 224 g/mol. The number of carbonyl (C=O) groups is 1. The summed E-state index contributed by atoms with van der Waals surface area (Å²) in [6, 6.07) is 0. The van der Waals surface area contributed by atoms with Crippen molar-refractivity contribution in [2.24, 2.45) is 0 Å². The first-order valence-electron chi connectivity index (χ1n) is 3.93. The molecule has 4 nitrogen and oxygen atoms in total. The first kappa shape index (κ1) is 12.0. The molecule has 1 aliphatic rings. The molecule has 0 aromatic heterocycles. The first-order chi connectivity index (χ1) is 6.78. The Kier molecular flexibility index (Phi) is 3.08. The number of hydrogen-bond acceptors (Lipinski definition) is 4. The molecule has 1 atom stereocenters. The Morgan fingerprint density at radius 1 is 1.47 bits per heavy atom. The van der Waals surface area contributed by atoms with E-state index in [1.165, 1.54) is 0 Å². The number of ether oxygens (including phenoxy) is 3. The highest BCUT2D eigenvalue weighted by Crippen LogP contribution is 2.39. The molecule has 1 heterocycles. The predicted octanol–water partition coefficient (Wildman–Crippen LogP) is 1.79. The number of halogens is 4.